The standard InChI is InChI=1S/C14H12BrN3O2/c1-8-11(15)4-10(5-16)14(19)18(8)7-13-17-6-12(20-13)9-2-3-9/h4,6,9H,2-3,7H2,1H3. The van der Waals surface area contributed by atoms with Gasteiger partial charge in [-0.15, -0.1) is 0 Å². The van der Waals surface area contributed by atoms with E-state index in [9.17, 15) is 4.79 Å². The molecule has 0 aliphatic heterocycles. The first kappa shape index (κ1) is 13.1. The molecule has 0 aromatic carbocycles. The zero-order chi connectivity index (χ0) is 14.3. The van der Waals surface area contributed by atoms with Gasteiger partial charge in [0, 0.05) is 16.1 Å². The van der Waals surface area contributed by atoms with Gasteiger partial charge in [-0.2, -0.15) is 5.26 Å². The highest BCUT2D eigenvalue weighted by atomic mass is 79.9. The summed E-state index contributed by atoms with van der Waals surface area (Å²) in [6.07, 6.45) is 4.02. The lowest BCUT2D eigenvalue weighted by atomic mass is 10.2. The third-order valence-corrected chi connectivity index (χ3v) is 4.26. The fraction of sp³-hybridized carbons (Fsp3) is 0.357. The molecule has 5 nitrogen and oxygen atoms in total. The lowest BCUT2D eigenvalue weighted by Crippen LogP contribution is -2.25. The summed E-state index contributed by atoms with van der Waals surface area (Å²) >= 11 is 3.36. The van der Waals surface area contributed by atoms with Crippen LogP contribution in [0, 0.1) is 18.3 Å². The van der Waals surface area contributed by atoms with Gasteiger partial charge in [-0.25, -0.2) is 4.98 Å². The molecule has 20 heavy (non-hydrogen) atoms. The van der Waals surface area contributed by atoms with Crippen molar-refractivity contribution in [3.8, 4) is 6.07 Å². The number of pyridine rings is 1. The van der Waals surface area contributed by atoms with Gasteiger partial charge in [-0.3, -0.25) is 4.79 Å². The number of hydrogen-bond donors (Lipinski definition) is 0. The Morgan fingerprint density at radius 3 is 3.00 bits per heavy atom. The highest BCUT2D eigenvalue weighted by Gasteiger charge is 2.27. The smallest absolute Gasteiger partial charge is 0.269 e. The number of halogens is 1. The fourth-order valence-corrected chi connectivity index (χ4v) is 2.52. The van der Waals surface area contributed by atoms with Gasteiger partial charge in [0.15, 0.2) is 0 Å². The second kappa shape index (κ2) is 4.91. The van der Waals surface area contributed by atoms with Crippen LogP contribution in [0.25, 0.3) is 0 Å². The maximum atomic E-state index is 12.2. The number of rotatable bonds is 3. The van der Waals surface area contributed by atoms with Gasteiger partial charge < -0.3 is 8.98 Å². The lowest BCUT2D eigenvalue weighted by Gasteiger charge is -2.09. The van der Waals surface area contributed by atoms with Gasteiger partial charge in [0.2, 0.25) is 5.89 Å². The molecule has 0 spiro atoms. The van der Waals surface area contributed by atoms with E-state index in [1.807, 2.05) is 13.0 Å². The van der Waals surface area contributed by atoms with Crippen LogP contribution in [0.5, 0.6) is 0 Å². The van der Waals surface area contributed by atoms with E-state index in [-0.39, 0.29) is 17.7 Å². The molecule has 0 N–H and O–H groups in total. The molecule has 0 unspecified atom stereocenters. The minimum Gasteiger partial charge on any atom is -0.443 e. The van der Waals surface area contributed by atoms with Crippen LogP contribution >= 0.6 is 15.9 Å². The molecule has 1 saturated carbocycles. The third kappa shape index (κ3) is 2.29. The molecule has 0 amide bonds. The first-order valence-corrected chi connectivity index (χ1v) is 7.14. The molecule has 2 aromatic heterocycles. The molecule has 3 rings (SSSR count). The van der Waals surface area contributed by atoms with Crippen LogP contribution in [-0.2, 0) is 6.54 Å². The van der Waals surface area contributed by atoms with Crippen molar-refractivity contribution >= 4 is 15.9 Å². The molecular weight excluding hydrogens is 322 g/mol. The van der Waals surface area contributed by atoms with Crippen molar-refractivity contribution in [3.05, 3.63) is 50.0 Å². The molecule has 1 aliphatic carbocycles. The Bertz CT molecular complexity index is 766. The molecule has 1 aliphatic rings. The van der Waals surface area contributed by atoms with Gasteiger partial charge in [-0.05, 0) is 41.8 Å². The fourth-order valence-electron chi connectivity index (χ4n) is 2.08. The van der Waals surface area contributed by atoms with Crippen LogP contribution < -0.4 is 5.56 Å². The van der Waals surface area contributed by atoms with Crippen molar-refractivity contribution in [1.29, 1.82) is 5.26 Å². The van der Waals surface area contributed by atoms with Crippen molar-refractivity contribution in [3.63, 3.8) is 0 Å². The summed E-state index contributed by atoms with van der Waals surface area (Å²) in [6.45, 7) is 2.06. The van der Waals surface area contributed by atoms with Gasteiger partial charge in [-0.1, -0.05) is 0 Å². The Morgan fingerprint density at radius 1 is 1.60 bits per heavy atom. The number of aromatic nitrogens is 2. The minimum atomic E-state index is -0.320. The van der Waals surface area contributed by atoms with E-state index in [0.29, 0.717) is 11.8 Å². The van der Waals surface area contributed by atoms with Crippen LogP contribution in [0.2, 0.25) is 0 Å². The number of nitrogens with zero attached hydrogens (tertiary/aromatic N) is 3. The van der Waals surface area contributed by atoms with E-state index < -0.39 is 0 Å². The van der Waals surface area contributed by atoms with Crippen LogP contribution in [0.3, 0.4) is 0 Å². The highest BCUT2D eigenvalue weighted by Crippen LogP contribution is 2.40. The second-order valence-corrected chi connectivity index (χ2v) is 5.78. The topological polar surface area (TPSA) is 71.8 Å². The van der Waals surface area contributed by atoms with Crippen LogP contribution in [0.15, 0.2) is 25.9 Å². The quantitative estimate of drug-likeness (QED) is 0.865. The number of hydrogen-bond acceptors (Lipinski definition) is 4. The molecule has 6 heteroatoms. The molecule has 1 fully saturated rings. The van der Waals surface area contributed by atoms with Crippen LogP contribution in [0.1, 0.15) is 41.7 Å². The van der Waals surface area contributed by atoms with Gasteiger partial charge >= 0.3 is 0 Å². The zero-order valence-corrected chi connectivity index (χ0v) is 12.5. The lowest BCUT2D eigenvalue weighted by molar-refractivity contribution is 0.439. The van der Waals surface area contributed by atoms with Gasteiger partial charge in [0.1, 0.15) is 23.9 Å². The van der Waals surface area contributed by atoms with Crippen LogP contribution in [-0.4, -0.2) is 9.55 Å². The maximum Gasteiger partial charge on any atom is 0.269 e. The Kier molecular flexibility index (Phi) is 3.22. The summed E-state index contributed by atoms with van der Waals surface area (Å²) in [7, 11) is 0. The minimum absolute atomic E-state index is 0.108. The van der Waals surface area contributed by atoms with Crippen LogP contribution in [0.4, 0.5) is 0 Å². The predicted molar refractivity (Wildman–Crippen MR) is 75.4 cm³/mol. The Balaban J connectivity index is 1.99. The molecule has 0 bridgehead atoms. The van der Waals surface area contributed by atoms with Crippen molar-refractivity contribution in [2.75, 3.05) is 0 Å². The van der Waals surface area contributed by atoms with E-state index in [0.717, 1.165) is 28.8 Å². The van der Waals surface area contributed by atoms with Gasteiger partial charge in [0.25, 0.3) is 5.56 Å². The zero-order valence-electron chi connectivity index (χ0n) is 10.9. The average molecular weight is 334 g/mol. The van der Waals surface area contributed by atoms with Crippen molar-refractivity contribution < 1.29 is 4.42 Å². The Labute approximate surface area is 124 Å². The van der Waals surface area contributed by atoms with E-state index in [4.69, 9.17) is 9.68 Å². The molecule has 0 saturated heterocycles. The summed E-state index contributed by atoms with van der Waals surface area (Å²) in [5, 5.41) is 8.99. The SMILES string of the molecule is Cc1c(Br)cc(C#N)c(=O)n1Cc1ncc(C2CC2)o1. The summed E-state index contributed by atoms with van der Waals surface area (Å²) < 4.78 is 7.90. The summed E-state index contributed by atoms with van der Waals surface area (Å²) in [6, 6.07) is 3.45. The normalized spacial score (nSPS) is 14.2. The number of nitriles is 1. The second-order valence-electron chi connectivity index (χ2n) is 4.93. The van der Waals surface area contributed by atoms with E-state index in [1.165, 1.54) is 4.57 Å². The molecule has 0 radical (unpaired) electrons. The molecule has 0 atom stereocenters. The third-order valence-electron chi connectivity index (χ3n) is 3.46. The van der Waals surface area contributed by atoms with Crippen molar-refractivity contribution in [2.45, 2.75) is 32.2 Å². The summed E-state index contributed by atoms with van der Waals surface area (Å²) in [4.78, 5) is 16.4. The van der Waals surface area contributed by atoms with E-state index >= 15 is 0 Å². The molecule has 2 heterocycles. The Morgan fingerprint density at radius 2 is 2.35 bits per heavy atom. The van der Waals surface area contributed by atoms with Crippen molar-refractivity contribution in [2.24, 2.45) is 0 Å². The Hall–Kier alpha value is -1.87. The maximum absolute atomic E-state index is 12.2. The van der Waals surface area contributed by atoms with E-state index in [2.05, 4.69) is 20.9 Å². The largest absolute Gasteiger partial charge is 0.443 e. The number of oxazole rings is 1. The van der Waals surface area contributed by atoms with Gasteiger partial charge in [0.05, 0.1) is 6.20 Å². The summed E-state index contributed by atoms with van der Waals surface area (Å²) in [5.74, 6) is 1.88. The highest BCUT2D eigenvalue weighted by molar-refractivity contribution is 9.10. The average Bonchev–Trinajstić information content (AvgIpc) is 3.19. The molecular formula is C14H12BrN3O2. The first-order valence-electron chi connectivity index (χ1n) is 6.34. The first-order chi connectivity index (χ1) is 9.60. The molecule has 2 aromatic rings. The van der Waals surface area contributed by atoms with E-state index in [1.54, 1.807) is 12.3 Å². The molecule has 102 valence electrons. The van der Waals surface area contributed by atoms with Crippen molar-refractivity contribution in [1.82, 2.24) is 9.55 Å². The predicted octanol–water partition coefficient (Wildman–Crippen LogP) is 2.70. The monoisotopic (exact) mass is 333 g/mol. The summed E-state index contributed by atoms with van der Waals surface area (Å²) in [5.41, 5.74) is 0.538.